The van der Waals surface area contributed by atoms with Crippen molar-refractivity contribution in [3.8, 4) is 5.75 Å². The Morgan fingerprint density at radius 1 is 0.794 bits per heavy atom. The monoisotopic (exact) mass is 1530 g/mol. The molecule has 5 rings (SSSR count). The third kappa shape index (κ3) is 29.0. The quantitative estimate of drug-likeness (QED) is 0.0204. The number of carboxylic acid groups (broad SMARTS) is 1. The van der Waals surface area contributed by atoms with Crippen LogP contribution in [0.3, 0.4) is 0 Å². The summed E-state index contributed by atoms with van der Waals surface area (Å²) in [6.07, 6.45) is 8.06. The average Bonchev–Trinajstić information content (AvgIpc) is 1.80. The van der Waals surface area contributed by atoms with Crippen LogP contribution in [0.2, 0.25) is 0 Å². The second-order valence-corrected chi connectivity index (χ2v) is 30.9. The van der Waals surface area contributed by atoms with Gasteiger partial charge in [-0.15, -0.1) is 11.3 Å². The van der Waals surface area contributed by atoms with Crippen molar-refractivity contribution < 1.29 is 76.9 Å². The standard InChI is InChI=1S/C77H118N12O16S2/c1-14-35-88(72(96)57(50(8)16-3)43-62(90)60-24-19-21-36-85(60)10)61(48(4)5)44-63(103-40-15-2)71-83-59(47-107-71)69(94)81-55(41-51(9)74(98)99)42-52-28-32-56(33-29-52)105-77(102)87(12)39-38-86(11)76(101)104-46-53-26-30-54(31-27-53)80-68(93)58(23-22-34-79-75(78)100)82-70(95)67(49(6)7)84-65(91)25-18-17-20-37-89-66(92)45-64(106-13)73(89)97/h26-33,47-51,55,57-58,60-61,63-64,67H,14-25,34-46H2,1-13H3,(H,80,93)(H,81,94)(H,82,95)(H,84,91)(H,98,99)(H3,78,79,100)/t50-,51-,55+,57-,58+,60+,61+,63+,64?,67+/m0/s1. The molecule has 30 heteroatoms. The largest absolute Gasteiger partial charge is 0.481 e. The van der Waals surface area contributed by atoms with Gasteiger partial charge in [-0.25, -0.2) is 19.4 Å². The zero-order valence-corrected chi connectivity index (χ0v) is 66.6. The predicted molar refractivity (Wildman–Crippen MR) is 411 cm³/mol. The Morgan fingerprint density at radius 3 is 2.08 bits per heavy atom. The molecule has 10 atom stereocenters. The van der Waals surface area contributed by atoms with Gasteiger partial charge in [0.05, 0.1) is 17.2 Å². The first-order chi connectivity index (χ1) is 50.9. The van der Waals surface area contributed by atoms with E-state index in [1.54, 1.807) is 80.9 Å². The lowest BCUT2D eigenvalue weighted by Crippen LogP contribution is -2.54. The highest BCUT2D eigenvalue weighted by Gasteiger charge is 2.40. The van der Waals surface area contributed by atoms with Crippen LogP contribution < -0.4 is 37.1 Å². The number of primary amides is 1. The Morgan fingerprint density at radius 2 is 1.48 bits per heavy atom. The van der Waals surface area contributed by atoms with Gasteiger partial charge >= 0.3 is 24.2 Å². The fraction of sp³-hybridized carbons (Fsp3) is 0.649. The number of urea groups is 1. The molecule has 1 aromatic heterocycles. The summed E-state index contributed by atoms with van der Waals surface area (Å²) in [5.74, 6) is -4.78. The minimum absolute atomic E-state index is 0.0120. The van der Waals surface area contributed by atoms with E-state index in [1.807, 2.05) is 25.8 Å². The Bertz CT molecular complexity index is 3410. The molecular weight excluding hydrogens is 1410 g/mol. The fourth-order valence-corrected chi connectivity index (χ4v) is 14.5. The third-order valence-electron chi connectivity index (χ3n) is 19.8. The maximum Gasteiger partial charge on any atom is 0.415 e. The number of carboxylic acids is 1. The summed E-state index contributed by atoms with van der Waals surface area (Å²) in [6, 6.07) is 9.15. The molecule has 1 unspecified atom stereocenters. The molecule has 0 spiro atoms. The van der Waals surface area contributed by atoms with Gasteiger partial charge in [0.25, 0.3) is 5.91 Å². The van der Waals surface area contributed by atoms with E-state index < -0.39 is 78.0 Å². The maximum absolute atomic E-state index is 14.9. The Kier molecular flexibility index (Phi) is 38.1. The number of carbonyl (C=O) groups excluding carboxylic acids is 11. The van der Waals surface area contributed by atoms with Crippen molar-refractivity contribution in [1.29, 1.82) is 0 Å². The maximum atomic E-state index is 14.9. The highest BCUT2D eigenvalue weighted by Crippen LogP contribution is 2.35. The first-order valence-electron chi connectivity index (χ1n) is 37.8. The highest BCUT2D eigenvalue weighted by atomic mass is 32.2. The number of carbonyl (C=O) groups is 12. The lowest BCUT2D eigenvalue weighted by Gasteiger charge is -2.40. The van der Waals surface area contributed by atoms with Crippen molar-refractivity contribution in [2.45, 2.75) is 220 Å². The Labute approximate surface area is 639 Å². The second-order valence-electron chi connectivity index (χ2n) is 29.0. The molecule has 594 valence electrons. The lowest BCUT2D eigenvalue weighted by atomic mass is 9.82. The Hall–Kier alpha value is -8.22. The van der Waals surface area contributed by atoms with E-state index in [9.17, 15) is 62.6 Å². The molecule has 0 radical (unpaired) electrons. The van der Waals surface area contributed by atoms with E-state index in [0.29, 0.717) is 55.1 Å². The van der Waals surface area contributed by atoms with Crippen molar-refractivity contribution in [2.24, 2.45) is 35.3 Å². The molecule has 2 aliphatic rings. The summed E-state index contributed by atoms with van der Waals surface area (Å²) in [6.45, 7) is 19.6. The number of aliphatic carboxylic acids is 1. The number of nitrogens with two attached hydrogens (primary N) is 1. The van der Waals surface area contributed by atoms with Gasteiger partial charge in [-0.05, 0) is 137 Å². The van der Waals surface area contributed by atoms with E-state index in [-0.39, 0.29) is 154 Å². The van der Waals surface area contributed by atoms with Crippen molar-refractivity contribution >= 4 is 100 Å². The number of piperidine rings is 1. The molecule has 0 aliphatic carbocycles. The smallest absolute Gasteiger partial charge is 0.415 e. The van der Waals surface area contributed by atoms with Crippen LogP contribution in [0.25, 0.3) is 0 Å². The van der Waals surface area contributed by atoms with E-state index >= 15 is 0 Å². The van der Waals surface area contributed by atoms with Gasteiger partial charge in [0.15, 0.2) is 5.78 Å². The van der Waals surface area contributed by atoms with Crippen molar-refractivity contribution in [3.63, 3.8) is 0 Å². The molecule has 0 bridgehead atoms. The minimum Gasteiger partial charge on any atom is -0.481 e. The summed E-state index contributed by atoms with van der Waals surface area (Å²) in [5.41, 5.74) is 7.05. The number of aromatic nitrogens is 1. The fourth-order valence-electron chi connectivity index (χ4n) is 13.0. The molecule has 2 aliphatic heterocycles. The van der Waals surface area contributed by atoms with Crippen LogP contribution in [0.5, 0.6) is 5.75 Å². The summed E-state index contributed by atoms with van der Waals surface area (Å²) in [5, 5.41) is 25.7. The molecule has 28 nitrogen and oxygen atoms in total. The lowest BCUT2D eigenvalue weighted by molar-refractivity contribution is -0.145. The molecule has 3 aromatic rings. The molecule has 2 aromatic carbocycles. The number of nitrogens with zero attached hydrogens (tertiary/aromatic N) is 6. The van der Waals surface area contributed by atoms with E-state index in [4.69, 9.17) is 24.9 Å². The zero-order valence-electron chi connectivity index (χ0n) is 65.0. The number of ether oxygens (including phenoxy) is 3. The second kappa shape index (κ2) is 45.6. The van der Waals surface area contributed by atoms with Crippen LogP contribution in [0.4, 0.5) is 20.1 Å². The van der Waals surface area contributed by atoms with Gasteiger partial charge < -0.3 is 66.3 Å². The number of imide groups is 1. The molecule has 8 N–H and O–H groups in total. The van der Waals surface area contributed by atoms with E-state index in [0.717, 1.165) is 50.6 Å². The number of thioether (sulfide) groups is 1. The van der Waals surface area contributed by atoms with Crippen LogP contribution >= 0.6 is 23.1 Å². The summed E-state index contributed by atoms with van der Waals surface area (Å²) < 4.78 is 17.7. The molecule has 11 amide bonds. The van der Waals surface area contributed by atoms with E-state index in [2.05, 4.69) is 59.2 Å². The van der Waals surface area contributed by atoms with Crippen LogP contribution in [-0.2, 0) is 60.9 Å². The van der Waals surface area contributed by atoms with Gasteiger partial charge in [-0.2, -0.15) is 11.8 Å². The number of likely N-dealkylation sites (tertiary alicyclic amines) is 2. The predicted octanol–water partition coefficient (Wildman–Crippen LogP) is 9.58. The highest BCUT2D eigenvalue weighted by molar-refractivity contribution is 8.00. The number of nitrogens with one attached hydrogen (secondary N) is 5. The zero-order chi connectivity index (χ0) is 79.0. The van der Waals surface area contributed by atoms with Gasteiger partial charge in [0.1, 0.15) is 41.2 Å². The SMILES string of the molecule is CCCO[C@H](C[C@H](C(C)C)N(CCC)C(=O)[C@@H](CC(=O)[C@H]1CCCCN1C)[C@@H](C)CC)c1nc(C(=O)N[C@@H](Cc2ccc(OC(=O)N(C)CCN(C)C(=O)OCc3ccc(NC(=O)[C@@H](CCCNC(N)=O)NC(=O)[C@H](NC(=O)CCCCCN4C(=O)CC(SC)C4=O)C(C)C)cc3)cc2)C[C@H](C)C(=O)O)cs1. The molecule has 0 saturated carbocycles. The van der Waals surface area contributed by atoms with E-state index in [1.165, 1.54) is 51.9 Å². The molecule has 2 saturated heterocycles. The number of benzene rings is 2. The van der Waals surface area contributed by atoms with Crippen molar-refractivity contribution in [2.75, 3.05) is 78.6 Å². The number of amides is 11. The average molecular weight is 1530 g/mol. The van der Waals surface area contributed by atoms with Gasteiger partial charge in [-0.1, -0.05) is 106 Å². The molecule has 3 heterocycles. The van der Waals surface area contributed by atoms with Crippen LogP contribution in [-0.4, -0.2) is 215 Å². The molecule has 107 heavy (non-hydrogen) atoms. The first-order valence-corrected chi connectivity index (χ1v) is 40.0. The minimum atomic E-state index is -1.09. The third-order valence-corrected chi connectivity index (χ3v) is 21.6. The number of ketones is 1. The number of hydrogen-bond acceptors (Lipinski definition) is 19. The number of unbranched alkanes of at least 4 members (excludes halogenated alkanes) is 2. The van der Waals surface area contributed by atoms with Crippen LogP contribution in [0.15, 0.2) is 53.9 Å². The van der Waals surface area contributed by atoms with Crippen LogP contribution in [0.1, 0.15) is 198 Å². The summed E-state index contributed by atoms with van der Waals surface area (Å²) in [7, 11) is 5.01. The topological polar surface area (TPSA) is 368 Å². The number of anilines is 1. The van der Waals surface area contributed by atoms with Gasteiger partial charge in [-0.3, -0.25) is 53.0 Å². The van der Waals surface area contributed by atoms with Gasteiger partial charge in [0, 0.05) is 108 Å². The first kappa shape index (κ1) is 89.4. The number of likely N-dealkylation sites (N-methyl/N-ethyl adjacent to an activating group) is 3. The van der Waals surface area contributed by atoms with Gasteiger partial charge in [0.2, 0.25) is 35.4 Å². The van der Waals surface area contributed by atoms with Crippen LogP contribution in [0, 0.1) is 29.6 Å². The van der Waals surface area contributed by atoms with Crippen molar-refractivity contribution in [3.05, 3.63) is 75.7 Å². The number of thiazole rings is 1. The number of rotatable bonds is 46. The summed E-state index contributed by atoms with van der Waals surface area (Å²) >= 11 is 2.64. The Balaban J connectivity index is 1.12. The normalized spacial score (nSPS) is 16.8. The number of hydrogen-bond donors (Lipinski definition) is 7. The number of Topliss-reactive ketones (excluding diaryl/α,β-unsaturated/α-hetero) is 1. The van der Waals surface area contributed by atoms with Crippen molar-refractivity contribution in [1.82, 2.24) is 50.8 Å². The molecular formula is C77H118N12O16S2. The summed E-state index contributed by atoms with van der Waals surface area (Å²) in [4.78, 5) is 171. The molecule has 2 fully saturated rings.